The Morgan fingerprint density at radius 1 is 0.931 bits per heavy atom. The average Bonchev–Trinajstić information content (AvgIpc) is 3.09. The highest BCUT2D eigenvalue weighted by Crippen LogP contribution is 2.24. The van der Waals surface area contributed by atoms with Crippen molar-refractivity contribution in [1.29, 1.82) is 0 Å². The summed E-state index contributed by atoms with van der Waals surface area (Å²) in [5.74, 6) is 0.223. The Kier molecular flexibility index (Phi) is 4.78. The Hall–Kier alpha value is -4.00. The van der Waals surface area contributed by atoms with Crippen molar-refractivity contribution in [1.82, 2.24) is 20.8 Å². The summed E-state index contributed by atoms with van der Waals surface area (Å²) in [5.41, 5.74) is 7.78. The molecule has 0 aliphatic rings. The van der Waals surface area contributed by atoms with Crippen molar-refractivity contribution < 1.29 is 14.0 Å². The van der Waals surface area contributed by atoms with Gasteiger partial charge in [-0.15, -0.1) is 0 Å². The van der Waals surface area contributed by atoms with Crippen LogP contribution in [0.15, 0.2) is 65.3 Å². The number of fused-ring (bicyclic) bond motifs is 1. The Bertz CT molecular complexity index is 1220. The maximum atomic E-state index is 12.9. The summed E-state index contributed by atoms with van der Waals surface area (Å²) in [6, 6.07) is 14.3. The van der Waals surface area contributed by atoms with E-state index in [0.29, 0.717) is 39.2 Å². The number of carbonyl (C=O) groups is 2. The average molecular weight is 386 g/mol. The van der Waals surface area contributed by atoms with Crippen molar-refractivity contribution >= 4 is 22.7 Å². The minimum Gasteiger partial charge on any atom is -0.466 e. The lowest BCUT2D eigenvalue weighted by Gasteiger charge is -2.11. The van der Waals surface area contributed by atoms with Gasteiger partial charge in [0.15, 0.2) is 0 Å². The zero-order valence-corrected chi connectivity index (χ0v) is 15.9. The first kappa shape index (κ1) is 18.4. The molecule has 0 saturated carbocycles. The van der Waals surface area contributed by atoms with Gasteiger partial charge in [-0.25, -0.2) is 4.98 Å². The monoisotopic (exact) mass is 386 g/mol. The maximum absolute atomic E-state index is 12.9. The fourth-order valence-electron chi connectivity index (χ4n) is 3.13. The molecule has 0 aliphatic carbocycles. The molecular weight excluding hydrogens is 368 g/mol. The number of amides is 2. The highest BCUT2D eigenvalue weighted by molar-refractivity contribution is 6.08. The van der Waals surface area contributed by atoms with Crippen LogP contribution in [0.3, 0.4) is 0 Å². The summed E-state index contributed by atoms with van der Waals surface area (Å²) in [6.07, 6.45) is 3.36. The van der Waals surface area contributed by atoms with Gasteiger partial charge in [0.2, 0.25) is 0 Å². The second kappa shape index (κ2) is 7.55. The summed E-state index contributed by atoms with van der Waals surface area (Å²) in [6.45, 7) is 3.45. The standard InChI is InChI=1S/C22H18N4O3/c1-13-10-17(14(2)29-13)21(27)25-26-22(28)18-11-20(15-6-5-9-23-12-15)24-19-8-4-3-7-16(18)19/h3-12H,1-2H3,(H,25,27)(H,26,28). The third-order valence-corrected chi connectivity index (χ3v) is 4.49. The highest BCUT2D eigenvalue weighted by Gasteiger charge is 2.17. The van der Waals surface area contributed by atoms with Crippen LogP contribution in [-0.2, 0) is 0 Å². The number of hydrogen-bond donors (Lipinski definition) is 2. The SMILES string of the molecule is Cc1cc(C(=O)NNC(=O)c2cc(-c3cccnc3)nc3ccccc23)c(C)o1. The summed E-state index contributed by atoms with van der Waals surface area (Å²) in [5, 5.41) is 0.683. The Labute approximate surface area is 166 Å². The molecule has 7 heteroatoms. The first-order valence-corrected chi connectivity index (χ1v) is 9.01. The number of carbonyl (C=O) groups excluding carboxylic acids is 2. The molecule has 1 aromatic carbocycles. The number of aromatic nitrogens is 2. The molecule has 7 nitrogen and oxygen atoms in total. The van der Waals surface area contributed by atoms with E-state index in [2.05, 4.69) is 20.8 Å². The van der Waals surface area contributed by atoms with Crippen LogP contribution >= 0.6 is 0 Å². The normalized spacial score (nSPS) is 10.7. The quantitative estimate of drug-likeness (QED) is 0.525. The number of benzene rings is 1. The Morgan fingerprint density at radius 3 is 2.38 bits per heavy atom. The highest BCUT2D eigenvalue weighted by atomic mass is 16.3. The van der Waals surface area contributed by atoms with Gasteiger partial charge in [-0.05, 0) is 44.2 Å². The van der Waals surface area contributed by atoms with Crippen LogP contribution in [0.1, 0.15) is 32.2 Å². The lowest BCUT2D eigenvalue weighted by atomic mass is 10.0. The van der Waals surface area contributed by atoms with E-state index in [-0.39, 0.29) is 0 Å². The van der Waals surface area contributed by atoms with E-state index in [4.69, 9.17) is 4.42 Å². The molecule has 29 heavy (non-hydrogen) atoms. The molecular formula is C22H18N4O3. The molecule has 0 saturated heterocycles. The van der Waals surface area contributed by atoms with Crippen molar-refractivity contribution in [2.75, 3.05) is 0 Å². The second-order valence-electron chi connectivity index (χ2n) is 6.55. The smallest absolute Gasteiger partial charge is 0.273 e. The molecule has 0 aliphatic heterocycles. The van der Waals surface area contributed by atoms with Crippen LogP contribution in [0.5, 0.6) is 0 Å². The van der Waals surface area contributed by atoms with Gasteiger partial charge in [-0.3, -0.25) is 25.4 Å². The molecule has 3 aromatic heterocycles. The molecule has 0 spiro atoms. The van der Waals surface area contributed by atoms with Gasteiger partial charge in [0.25, 0.3) is 11.8 Å². The minimum atomic E-state index is -0.446. The Balaban J connectivity index is 1.64. The van der Waals surface area contributed by atoms with Crippen LogP contribution < -0.4 is 10.9 Å². The predicted molar refractivity (Wildman–Crippen MR) is 108 cm³/mol. The largest absolute Gasteiger partial charge is 0.466 e. The summed E-state index contributed by atoms with van der Waals surface area (Å²) < 4.78 is 5.36. The number of nitrogens with one attached hydrogen (secondary N) is 2. The van der Waals surface area contributed by atoms with Crippen molar-refractivity contribution in [3.63, 3.8) is 0 Å². The summed E-state index contributed by atoms with van der Waals surface area (Å²) in [4.78, 5) is 34.0. The van der Waals surface area contributed by atoms with Crippen LogP contribution in [0, 0.1) is 13.8 Å². The molecule has 0 unspecified atom stereocenters. The summed E-state index contributed by atoms with van der Waals surface area (Å²) >= 11 is 0. The topological polar surface area (TPSA) is 97.1 Å². The number of hydrogen-bond acceptors (Lipinski definition) is 5. The number of nitrogens with zero attached hydrogens (tertiary/aromatic N) is 2. The number of pyridine rings is 2. The molecule has 144 valence electrons. The molecule has 0 atom stereocenters. The van der Waals surface area contributed by atoms with Crippen molar-refractivity contribution in [3.8, 4) is 11.3 Å². The van der Waals surface area contributed by atoms with Gasteiger partial charge in [-0.2, -0.15) is 0 Å². The molecule has 3 heterocycles. The Morgan fingerprint density at radius 2 is 1.69 bits per heavy atom. The van der Waals surface area contributed by atoms with Gasteiger partial charge in [0.05, 0.1) is 22.3 Å². The van der Waals surface area contributed by atoms with Crippen molar-refractivity contribution in [2.24, 2.45) is 0 Å². The maximum Gasteiger partial charge on any atom is 0.273 e. The zero-order valence-electron chi connectivity index (χ0n) is 15.9. The van der Waals surface area contributed by atoms with Crippen molar-refractivity contribution in [3.05, 3.63) is 83.6 Å². The second-order valence-corrected chi connectivity index (χ2v) is 6.55. The molecule has 0 bridgehead atoms. The van der Waals surface area contributed by atoms with E-state index in [1.807, 2.05) is 30.3 Å². The van der Waals surface area contributed by atoms with Crippen molar-refractivity contribution in [2.45, 2.75) is 13.8 Å². The van der Waals surface area contributed by atoms with Crippen LogP contribution in [-0.4, -0.2) is 21.8 Å². The third-order valence-electron chi connectivity index (χ3n) is 4.49. The van der Waals surface area contributed by atoms with E-state index in [9.17, 15) is 9.59 Å². The van der Waals surface area contributed by atoms with E-state index in [1.165, 1.54) is 0 Å². The molecule has 2 amide bonds. The van der Waals surface area contributed by atoms with Crippen LogP contribution in [0.2, 0.25) is 0 Å². The van der Waals surface area contributed by atoms with E-state index in [0.717, 1.165) is 5.56 Å². The van der Waals surface area contributed by atoms with E-state index < -0.39 is 11.8 Å². The van der Waals surface area contributed by atoms with Crippen LogP contribution in [0.4, 0.5) is 0 Å². The first-order valence-electron chi connectivity index (χ1n) is 9.01. The molecule has 0 fully saturated rings. The predicted octanol–water partition coefficient (Wildman–Crippen LogP) is 3.58. The van der Waals surface area contributed by atoms with Gasteiger partial charge in [-0.1, -0.05) is 18.2 Å². The number of rotatable bonds is 3. The first-order chi connectivity index (χ1) is 14.0. The number of furan rings is 1. The number of aryl methyl sites for hydroxylation is 2. The molecule has 4 aromatic rings. The minimum absolute atomic E-state index is 0.374. The fourth-order valence-corrected chi connectivity index (χ4v) is 3.13. The summed E-state index contributed by atoms with van der Waals surface area (Å²) in [7, 11) is 0. The van der Waals surface area contributed by atoms with Gasteiger partial charge >= 0.3 is 0 Å². The zero-order chi connectivity index (χ0) is 20.4. The van der Waals surface area contributed by atoms with Gasteiger partial charge in [0.1, 0.15) is 11.5 Å². The number of hydrazine groups is 1. The number of para-hydroxylation sites is 1. The molecule has 4 rings (SSSR count). The molecule has 0 radical (unpaired) electrons. The molecule has 2 N–H and O–H groups in total. The third kappa shape index (κ3) is 3.70. The van der Waals surface area contributed by atoms with E-state index in [1.54, 1.807) is 44.4 Å². The lowest BCUT2D eigenvalue weighted by molar-refractivity contribution is 0.0846. The van der Waals surface area contributed by atoms with E-state index >= 15 is 0 Å². The van der Waals surface area contributed by atoms with Gasteiger partial charge < -0.3 is 4.42 Å². The fraction of sp³-hybridized carbons (Fsp3) is 0.0909. The van der Waals surface area contributed by atoms with Gasteiger partial charge in [0, 0.05) is 23.3 Å². The van der Waals surface area contributed by atoms with Crippen LogP contribution in [0.25, 0.3) is 22.2 Å². The lowest BCUT2D eigenvalue weighted by Crippen LogP contribution is -2.41.